The molecule has 11 heteroatoms. The summed E-state index contributed by atoms with van der Waals surface area (Å²) < 4.78 is 21.9. The van der Waals surface area contributed by atoms with Crippen LogP contribution in [0.1, 0.15) is 23.7 Å². The predicted molar refractivity (Wildman–Crippen MR) is 146 cm³/mol. The monoisotopic (exact) mass is 545 g/mol. The van der Waals surface area contributed by atoms with Gasteiger partial charge in [0.2, 0.25) is 0 Å². The molecule has 0 atom stereocenters. The number of benzene rings is 1. The van der Waals surface area contributed by atoms with Crippen LogP contribution in [0.4, 0.5) is 10.2 Å². The van der Waals surface area contributed by atoms with Gasteiger partial charge >= 0.3 is 0 Å². The normalized spacial score (nSPS) is 16.4. The van der Waals surface area contributed by atoms with E-state index in [1.54, 1.807) is 17.2 Å². The average molecular weight is 546 g/mol. The van der Waals surface area contributed by atoms with Gasteiger partial charge in [-0.05, 0) is 43.7 Å². The maximum atomic E-state index is 14.3. The summed E-state index contributed by atoms with van der Waals surface area (Å²) in [5.41, 5.74) is 3.49. The molecule has 1 aromatic carbocycles. The van der Waals surface area contributed by atoms with Gasteiger partial charge in [-0.15, -0.1) is 5.10 Å². The van der Waals surface area contributed by atoms with E-state index in [-0.39, 0.29) is 21.9 Å². The molecule has 0 unspecified atom stereocenters. The smallest absolute Gasteiger partial charge is 0.258 e. The van der Waals surface area contributed by atoms with Gasteiger partial charge in [0.25, 0.3) is 5.91 Å². The molecule has 4 aromatic heterocycles. The van der Waals surface area contributed by atoms with Crippen molar-refractivity contribution < 1.29 is 13.9 Å². The Morgan fingerprint density at radius 1 is 1.21 bits per heavy atom. The lowest BCUT2D eigenvalue weighted by Crippen LogP contribution is -2.59. The first-order valence-electron chi connectivity index (χ1n) is 12.9. The number of fused-ring (bicyclic) bond motifs is 3. The number of H-pyrrole nitrogens is 1. The number of carbonyl (C=O) groups excluding carboxylic acids is 1. The van der Waals surface area contributed by atoms with Crippen LogP contribution >= 0.6 is 11.6 Å². The fourth-order valence-electron chi connectivity index (χ4n) is 5.89. The van der Waals surface area contributed by atoms with E-state index in [9.17, 15) is 9.18 Å². The average Bonchev–Trinajstić information content (AvgIpc) is 3.62. The molecule has 9 nitrogen and oxygen atoms in total. The Hall–Kier alpha value is -4.18. The van der Waals surface area contributed by atoms with Crippen LogP contribution in [0.5, 0.6) is 5.75 Å². The molecule has 2 aliphatic rings. The standard InChI is InChI=1S/C28H25ClFN7O2/c1-2-39-18-10-19(25-20-12-32-33-26(20)34-37(25)13-18)17-6-7-23(31-11-17)35-9-8-28(14-35)15-36(16-28)27(38)24-21(29)4-3-5-22(24)30/h3-7,10-13H,2,8-9,14-16H2,1H3,(H,33,34). The van der Waals surface area contributed by atoms with E-state index >= 15 is 0 Å². The Balaban J connectivity index is 1.10. The number of ether oxygens (including phenoxy) is 1. The maximum Gasteiger partial charge on any atom is 0.258 e. The Labute approximate surface area is 228 Å². The zero-order valence-corrected chi connectivity index (χ0v) is 22.0. The minimum atomic E-state index is -0.584. The molecule has 1 amide bonds. The Morgan fingerprint density at radius 3 is 2.85 bits per heavy atom. The number of carbonyl (C=O) groups is 1. The van der Waals surface area contributed by atoms with Crippen molar-refractivity contribution in [3.05, 3.63) is 71.4 Å². The minimum absolute atomic E-state index is 0.0176. The number of hydrogen-bond acceptors (Lipinski definition) is 6. The van der Waals surface area contributed by atoms with Gasteiger partial charge in [0, 0.05) is 48.9 Å². The first-order valence-corrected chi connectivity index (χ1v) is 13.3. The van der Waals surface area contributed by atoms with Gasteiger partial charge in [0.1, 0.15) is 17.4 Å². The number of aromatic nitrogens is 5. The Bertz CT molecular complexity index is 1710. The molecule has 2 saturated heterocycles. The zero-order valence-electron chi connectivity index (χ0n) is 21.2. The van der Waals surface area contributed by atoms with E-state index in [0.29, 0.717) is 25.3 Å². The molecule has 2 fully saturated rings. The molecule has 1 N–H and O–H groups in total. The van der Waals surface area contributed by atoms with Crippen LogP contribution < -0.4 is 9.64 Å². The number of pyridine rings is 2. The molecule has 0 saturated carbocycles. The number of halogens is 2. The summed E-state index contributed by atoms with van der Waals surface area (Å²) in [6.07, 6.45) is 6.46. The van der Waals surface area contributed by atoms with Gasteiger partial charge in [-0.25, -0.2) is 13.9 Å². The van der Waals surface area contributed by atoms with Gasteiger partial charge in [0.05, 0.1) is 40.5 Å². The van der Waals surface area contributed by atoms with Gasteiger partial charge in [-0.3, -0.25) is 9.89 Å². The van der Waals surface area contributed by atoms with Crippen LogP contribution in [-0.2, 0) is 0 Å². The maximum absolute atomic E-state index is 14.3. The van der Waals surface area contributed by atoms with Crippen molar-refractivity contribution in [2.24, 2.45) is 5.41 Å². The molecule has 198 valence electrons. The molecule has 7 rings (SSSR count). The van der Waals surface area contributed by atoms with E-state index in [2.05, 4.69) is 26.3 Å². The summed E-state index contributed by atoms with van der Waals surface area (Å²) >= 11 is 6.11. The minimum Gasteiger partial charge on any atom is -0.492 e. The summed E-state index contributed by atoms with van der Waals surface area (Å²) in [6, 6.07) is 10.4. The topological polar surface area (TPSA) is 91.6 Å². The summed E-state index contributed by atoms with van der Waals surface area (Å²) in [4.78, 5) is 21.6. The first-order chi connectivity index (χ1) is 18.9. The molecular formula is C28H25ClFN7O2. The second kappa shape index (κ2) is 8.94. The largest absolute Gasteiger partial charge is 0.492 e. The lowest BCUT2D eigenvalue weighted by atomic mass is 9.78. The summed E-state index contributed by atoms with van der Waals surface area (Å²) in [7, 11) is 0. The van der Waals surface area contributed by atoms with Crippen molar-refractivity contribution in [1.29, 1.82) is 0 Å². The van der Waals surface area contributed by atoms with Crippen LogP contribution in [-0.4, -0.2) is 68.4 Å². The first kappa shape index (κ1) is 23.9. The van der Waals surface area contributed by atoms with Crippen LogP contribution in [0.3, 0.4) is 0 Å². The summed E-state index contributed by atoms with van der Waals surface area (Å²) in [5.74, 6) is 0.678. The van der Waals surface area contributed by atoms with Crippen molar-refractivity contribution in [1.82, 2.24) is 29.7 Å². The third-order valence-electron chi connectivity index (χ3n) is 7.75. The number of amides is 1. The van der Waals surface area contributed by atoms with E-state index in [0.717, 1.165) is 53.1 Å². The second-order valence-electron chi connectivity index (χ2n) is 10.3. The van der Waals surface area contributed by atoms with Crippen LogP contribution in [0.15, 0.2) is 55.0 Å². The van der Waals surface area contributed by atoms with Crippen LogP contribution in [0.25, 0.3) is 27.7 Å². The van der Waals surface area contributed by atoms with Crippen molar-refractivity contribution >= 4 is 39.9 Å². The Morgan fingerprint density at radius 2 is 2.08 bits per heavy atom. The van der Waals surface area contributed by atoms with Crippen molar-refractivity contribution in [2.75, 3.05) is 37.7 Å². The summed E-state index contributed by atoms with van der Waals surface area (Å²) in [6.45, 7) is 5.29. The highest BCUT2D eigenvalue weighted by atomic mass is 35.5. The quantitative estimate of drug-likeness (QED) is 0.340. The molecule has 2 aliphatic heterocycles. The van der Waals surface area contributed by atoms with Gasteiger partial charge in [0.15, 0.2) is 5.65 Å². The number of nitrogens with one attached hydrogen (secondary N) is 1. The van der Waals surface area contributed by atoms with Gasteiger partial charge in [-0.2, -0.15) is 5.10 Å². The molecular weight excluding hydrogens is 521 g/mol. The third kappa shape index (κ3) is 3.89. The lowest BCUT2D eigenvalue weighted by molar-refractivity contribution is 0.0163. The lowest BCUT2D eigenvalue weighted by Gasteiger charge is -2.48. The molecule has 0 radical (unpaired) electrons. The van der Waals surface area contributed by atoms with E-state index in [1.807, 2.05) is 36.0 Å². The fraction of sp³-hybridized carbons (Fsp3) is 0.286. The van der Waals surface area contributed by atoms with Crippen molar-refractivity contribution in [3.8, 4) is 16.9 Å². The van der Waals surface area contributed by atoms with Crippen LogP contribution in [0, 0.1) is 11.2 Å². The number of aromatic amines is 1. The van der Waals surface area contributed by atoms with E-state index in [1.165, 1.54) is 12.1 Å². The highest BCUT2D eigenvalue weighted by Crippen LogP contribution is 2.42. The zero-order chi connectivity index (χ0) is 26.7. The van der Waals surface area contributed by atoms with Crippen LogP contribution in [0.2, 0.25) is 5.02 Å². The predicted octanol–water partition coefficient (Wildman–Crippen LogP) is 4.82. The second-order valence-corrected chi connectivity index (χ2v) is 10.7. The van der Waals surface area contributed by atoms with Crippen molar-refractivity contribution in [2.45, 2.75) is 13.3 Å². The van der Waals surface area contributed by atoms with E-state index < -0.39 is 5.82 Å². The number of rotatable bonds is 5. The van der Waals surface area contributed by atoms with E-state index in [4.69, 9.17) is 21.3 Å². The molecule has 5 aromatic rings. The van der Waals surface area contributed by atoms with Gasteiger partial charge in [-0.1, -0.05) is 17.7 Å². The number of anilines is 1. The number of hydrogen-bond donors (Lipinski definition) is 1. The molecule has 0 bridgehead atoms. The summed E-state index contributed by atoms with van der Waals surface area (Å²) in [5, 5.41) is 12.7. The molecule has 6 heterocycles. The molecule has 1 spiro atoms. The highest BCUT2D eigenvalue weighted by Gasteiger charge is 2.50. The SMILES string of the molecule is CCOc1cc(-c2ccc(N3CCC4(CN(C(=O)c5c(F)cccc5Cl)C4)C3)nc2)c2c3cn[nH]c3nn2c1. The third-order valence-corrected chi connectivity index (χ3v) is 8.07. The van der Waals surface area contributed by atoms with Gasteiger partial charge < -0.3 is 14.5 Å². The number of likely N-dealkylation sites (tertiary alicyclic amines) is 1. The fourth-order valence-corrected chi connectivity index (χ4v) is 6.14. The molecule has 39 heavy (non-hydrogen) atoms. The number of nitrogens with zero attached hydrogens (tertiary/aromatic N) is 6. The Kier molecular flexibility index (Phi) is 5.48. The highest BCUT2D eigenvalue weighted by molar-refractivity contribution is 6.33. The van der Waals surface area contributed by atoms with Crippen molar-refractivity contribution in [3.63, 3.8) is 0 Å². The molecule has 0 aliphatic carbocycles.